The Labute approximate surface area is 126 Å². The third kappa shape index (κ3) is 4.05. The maximum Gasteiger partial charge on any atom is 0.335 e. The van der Waals surface area contributed by atoms with Gasteiger partial charge in [-0.1, -0.05) is 18.2 Å². The Kier molecular flexibility index (Phi) is 5.08. The van der Waals surface area contributed by atoms with Gasteiger partial charge in [0.2, 0.25) is 0 Å². The van der Waals surface area contributed by atoms with Crippen LogP contribution >= 0.6 is 0 Å². The zero-order valence-corrected chi connectivity index (χ0v) is 11.6. The molecule has 0 radical (unpaired) electrons. The molecule has 2 rings (SSSR count). The maximum atomic E-state index is 13.4. The van der Waals surface area contributed by atoms with E-state index in [1.807, 2.05) is 0 Å². The lowest BCUT2D eigenvalue weighted by Crippen LogP contribution is -2.28. The predicted octanol–water partition coefficient (Wildman–Crippen LogP) is 2.33. The fourth-order valence-electron chi connectivity index (χ4n) is 1.79. The summed E-state index contributed by atoms with van der Waals surface area (Å²) in [5, 5.41) is 11.4. The first kappa shape index (κ1) is 15.5. The number of rotatable bonds is 6. The van der Waals surface area contributed by atoms with Crippen molar-refractivity contribution in [2.75, 3.05) is 13.2 Å². The Morgan fingerprint density at radius 1 is 1.14 bits per heavy atom. The first-order chi connectivity index (χ1) is 10.6. The summed E-state index contributed by atoms with van der Waals surface area (Å²) in [5.74, 6) is -1.77. The van der Waals surface area contributed by atoms with Crippen molar-refractivity contribution >= 4 is 11.9 Å². The van der Waals surface area contributed by atoms with Crippen molar-refractivity contribution in [3.05, 3.63) is 65.5 Å². The van der Waals surface area contributed by atoms with E-state index >= 15 is 0 Å². The highest BCUT2D eigenvalue weighted by Gasteiger charge is 2.09. The van der Waals surface area contributed by atoms with Crippen molar-refractivity contribution in [3.63, 3.8) is 0 Å². The number of ether oxygens (including phenoxy) is 1. The number of carbonyl (C=O) groups excluding carboxylic acids is 1. The minimum Gasteiger partial charge on any atom is -0.492 e. The molecule has 0 heterocycles. The normalized spacial score (nSPS) is 10.0. The molecule has 0 spiro atoms. The molecular formula is C16H14FNO4. The summed E-state index contributed by atoms with van der Waals surface area (Å²) in [6, 6.07) is 11.7. The minimum absolute atomic E-state index is 0.0321. The Hall–Kier alpha value is -2.89. The first-order valence-electron chi connectivity index (χ1n) is 6.57. The molecule has 0 bridgehead atoms. The lowest BCUT2D eigenvalue weighted by molar-refractivity contribution is 0.0696. The van der Waals surface area contributed by atoms with E-state index in [0.717, 1.165) is 0 Å². The Morgan fingerprint density at radius 3 is 2.64 bits per heavy atom. The third-order valence-corrected chi connectivity index (χ3v) is 2.86. The van der Waals surface area contributed by atoms with Crippen molar-refractivity contribution in [2.24, 2.45) is 0 Å². The van der Waals surface area contributed by atoms with Crippen LogP contribution in [0.1, 0.15) is 20.7 Å². The molecule has 2 aromatic rings. The highest BCUT2D eigenvalue weighted by molar-refractivity contribution is 5.94. The molecular weight excluding hydrogens is 289 g/mol. The van der Waals surface area contributed by atoms with Crippen molar-refractivity contribution in [1.29, 1.82) is 0 Å². The predicted molar refractivity (Wildman–Crippen MR) is 77.6 cm³/mol. The van der Waals surface area contributed by atoms with Crippen LogP contribution in [0.25, 0.3) is 0 Å². The number of halogens is 1. The van der Waals surface area contributed by atoms with Crippen molar-refractivity contribution in [3.8, 4) is 5.75 Å². The van der Waals surface area contributed by atoms with Gasteiger partial charge in [0, 0.05) is 0 Å². The van der Waals surface area contributed by atoms with Crippen molar-refractivity contribution < 1.29 is 23.8 Å². The number of nitrogens with one attached hydrogen (secondary N) is 1. The topological polar surface area (TPSA) is 75.6 Å². The van der Waals surface area contributed by atoms with Crippen LogP contribution in [-0.4, -0.2) is 30.1 Å². The smallest absolute Gasteiger partial charge is 0.335 e. The van der Waals surface area contributed by atoms with Gasteiger partial charge < -0.3 is 15.2 Å². The summed E-state index contributed by atoms with van der Waals surface area (Å²) in [7, 11) is 0. The number of aromatic carboxylic acids is 1. The fraction of sp³-hybridized carbons (Fsp3) is 0.125. The first-order valence-corrected chi connectivity index (χ1v) is 6.57. The molecule has 2 N–H and O–H groups in total. The molecule has 0 aliphatic heterocycles. The summed E-state index contributed by atoms with van der Waals surface area (Å²) in [6.07, 6.45) is 0. The number of carboxylic acid groups (broad SMARTS) is 1. The standard InChI is InChI=1S/C16H14FNO4/c17-14-7-2-1-6-13(14)15(19)18-8-9-22-12-5-3-4-11(10-12)16(20)21/h1-7,10H,8-9H2,(H,18,19)(H,20,21). The number of benzene rings is 2. The van der Waals surface area contributed by atoms with Gasteiger partial charge in [0.25, 0.3) is 5.91 Å². The zero-order valence-electron chi connectivity index (χ0n) is 11.6. The fourth-order valence-corrected chi connectivity index (χ4v) is 1.79. The van der Waals surface area contributed by atoms with Crippen LogP contribution in [0.3, 0.4) is 0 Å². The SMILES string of the molecule is O=C(O)c1cccc(OCCNC(=O)c2ccccc2F)c1. The van der Waals surface area contributed by atoms with E-state index < -0.39 is 17.7 Å². The monoisotopic (exact) mass is 303 g/mol. The summed E-state index contributed by atoms with van der Waals surface area (Å²) in [5.41, 5.74) is 0.0864. The van der Waals surface area contributed by atoms with E-state index in [0.29, 0.717) is 5.75 Å². The van der Waals surface area contributed by atoms with Crippen molar-refractivity contribution in [2.45, 2.75) is 0 Å². The van der Waals surface area contributed by atoms with Crippen LogP contribution in [0.2, 0.25) is 0 Å². The van der Waals surface area contributed by atoms with Gasteiger partial charge in [-0.05, 0) is 30.3 Å². The Balaban J connectivity index is 1.82. The molecule has 2 aromatic carbocycles. The zero-order chi connectivity index (χ0) is 15.9. The van der Waals surface area contributed by atoms with Gasteiger partial charge >= 0.3 is 5.97 Å². The lowest BCUT2D eigenvalue weighted by Gasteiger charge is -2.08. The number of hydrogen-bond acceptors (Lipinski definition) is 3. The third-order valence-electron chi connectivity index (χ3n) is 2.86. The molecule has 1 amide bonds. The molecule has 22 heavy (non-hydrogen) atoms. The molecule has 0 saturated heterocycles. The largest absolute Gasteiger partial charge is 0.492 e. The Bertz CT molecular complexity index is 687. The van der Waals surface area contributed by atoms with Gasteiger partial charge in [0.1, 0.15) is 18.2 Å². The summed E-state index contributed by atoms with van der Waals surface area (Å²) >= 11 is 0. The van der Waals surface area contributed by atoms with E-state index in [1.165, 1.54) is 30.3 Å². The highest BCUT2D eigenvalue weighted by Crippen LogP contribution is 2.13. The molecule has 0 aliphatic rings. The molecule has 5 nitrogen and oxygen atoms in total. The van der Waals surface area contributed by atoms with E-state index in [2.05, 4.69) is 5.32 Å². The summed E-state index contributed by atoms with van der Waals surface area (Å²) in [6.45, 7) is 0.313. The van der Waals surface area contributed by atoms with Gasteiger partial charge in [-0.15, -0.1) is 0 Å². The van der Waals surface area contributed by atoms with Crippen LogP contribution in [0.5, 0.6) is 5.75 Å². The van der Waals surface area contributed by atoms with Crippen LogP contribution < -0.4 is 10.1 Å². The Morgan fingerprint density at radius 2 is 1.91 bits per heavy atom. The average molecular weight is 303 g/mol. The highest BCUT2D eigenvalue weighted by atomic mass is 19.1. The van der Waals surface area contributed by atoms with Crippen LogP contribution in [-0.2, 0) is 0 Å². The summed E-state index contributed by atoms with van der Waals surface area (Å²) < 4.78 is 18.7. The quantitative estimate of drug-likeness (QED) is 0.803. The molecule has 6 heteroatoms. The van der Waals surface area contributed by atoms with Gasteiger partial charge in [0.05, 0.1) is 17.7 Å². The van der Waals surface area contributed by atoms with Gasteiger partial charge in [-0.2, -0.15) is 0 Å². The molecule has 0 fully saturated rings. The molecule has 0 unspecified atom stereocenters. The van der Waals surface area contributed by atoms with Crippen LogP contribution in [0.15, 0.2) is 48.5 Å². The van der Waals surface area contributed by atoms with Crippen molar-refractivity contribution in [1.82, 2.24) is 5.32 Å². The van der Waals surface area contributed by atoms with E-state index in [9.17, 15) is 14.0 Å². The second-order valence-corrected chi connectivity index (χ2v) is 4.42. The number of carboxylic acids is 1. The molecule has 0 atom stereocenters. The molecule has 0 aromatic heterocycles. The molecule has 114 valence electrons. The van der Waals surface area contributed by atoms with E-state index in [4.69, 9.17) is 9.84 Å². The number of amides is 1. The van der Waals surface area contributed by atoms with Gasteiger partial charge in [0.15, 0.2) is 0 Å². The number of carbonyl (C=O) groups is 2. The van der Waals surface area contributed by atoms with E-state index in [1.54, 1.807) is 18.2 Å². The van der Waals surface area contributed by atoms with Gasteiger partial charge in [-0.3, -0.25) is 4.79 Å². The number of hydrogen-bond donors (Lipinski definition) is 2. The van der Waals surface area contributed by atoms with Crippen LogP contribution in [0.4, 0.5) is 4.39 Å². The summed E-state index contributed by atoms with van der Waals surface area (Å²) in [4.78, 5) is 22.5. The average Bonchev–Trinajstić information content (AvgIpc) is 2.52. The second-order valence-electron chi connectivity index (χ2n) is 4.42. The maximum absolute atomic E-state index is 13.4. The van der Waals surface area contributed by atoms with Crippen LogP contribution in [0, 0.1) is 5.82 Å². The van der Waals surface area contributed by atoms with Gasteiger partial charge in [-0.25, -0.2) is 9.18 Å². The molecule has 0 aliphatic carbocycles. The second kappa shape index (κ2) is 7.21. The lowest BCUT2D eigenvalue weighted by atomic mass is 10.2. The van der Waals surface area contributed by atoms with E-state index in [-0.39, 0.29) is 24.3 Å². The molecule has 0 saturated carbocycles. The minimum atomic E-state index is -1.04.